The maximum atomic E-state index is 5.12. The molecule has 82 valence electrons. The van der Waals surface area contributed by atoms with Crippen molar-refractivity contribution in [1.29, 1.82) is 0 Å². The number of hydrogen-bond acceptors (Lipinski definition) is 2. The van der Waals surface area contributed by atoms with Crippen molar-refractivity contribution in [3.8, 4) is 0 Å². The fourth-order valence-corrected chi connectivity index (χ4v) is 0.424. The maximum absolute atomic E-state index is 5.12. The fraction of sp³-hybridized carbons (Fsp3) is 0.200. The summed E-state index contributed by atoms with van der Waals surface area (Å²) in [6.07, 6.45) is 1.36. The summed E-state index contributed by atoms with van der Waals surface area (Å²) in [5, 5.41) is 7.33. The molecule has 0 aromatic rings. The Bertz CT molecular complexity index is 263. The zero-order valence-corrected chi connectivity index (χ0v) is 10.0. The van der Waals surface area contributed by atoms with E-state index in [-0.39, 0.29) is 26.7 Å². The maximum Gasteiger partial charge on any atom is 0.183 e. The standard InChI is InChI=1S/C5H10N6S2.Ni/c1-3(9-11-5(7)13)2-8-10-4(6)12;/h2H,1H3,(H6,6,7,8,9,10,11,12,13);. The van der Waals surface area contributed by atoms with Crippen LogP contribution in [0, 0.1) is 0 Å². The molecule has 0 aliphatic rings. The van der Waals surface area contributed by atoms with Gasteiger partial charge in [-0.05, 0) is 6.92 Å². The first-order valence-electron chi connectivity index (χ1n) is 3.14. The van der Waals surface area contributed by atoms with Gasteiger partial charge >= 0.3 is 0 Å². The normalized spacial score (nSPS) is 10.6. The Balaban J connectivity index is 0. The van der Waals surface area contributed by atoms with Crippen molar-refractivity contribution in [1.82, 2.24) is 0 Å². The molecule has 0 aliphatic heterocycles. The number of thiol groups is 2. The quantitative estimate of drug-likeness (QED) is 0.168. The Morgan fingerprint density at radius 3 is 2.14 bits per heavy atom. The number of hydrogen-bond donors (Lipinski definition) is 2. The third kappa shape index (κ3) is 11.5. The van der Waals surface area contributed by atoms with Crippen molar-refractivity contribution in [2.24, 2.45) is 21.7 Å². The largest absolute Gasteiger partial charge is 0.515 e. The van der Waals surface area contributed by atoms with Gasteiger partial charge in [0.1, 0.15) is 0 Å². The van der Waals surface area contributed by atoms with Gasteiger partial charge in [-0.1, -0.05) is 0 Å². The molecular formula is C5H10N6NiS2. The SMILES string of the molecule is CC(C=N[N-]C(N)=[SH+])=N[N-]C(N)=[SH+].[Ni]. The van der Waals surface area contributed by atoms with E-state index in [2.05, 4.69) is 45.5 Å². The summed E-state index contributed by atoms with van der Waals surface area (Å²) >= 11 is 7.41. The Morgan fingerprint density at radius 2 is 1.71 bits per heavy atom. The number of rotatable bonds is 3. The second-order valence-corrected chi connectivity index (χ2v) is 2.82. The molecule has 9 heteroatoms. The van der Waals surface area contributed by atoms with E-state index in [9.17, 15) is 0 Å². The molecule has 0 amide bonds. The molecule has 14 heavy (non-hydrogen) atoms. The predicted molar refractivity (Wildman–Crippen MR) is 64.2 cm³/mol. The number of nitrogens with two attached hydrogens (primary N) is 2. The van der Waals surface area contributed by atoms with Crippen LogP contribution in [0.15, 0.2) is 10.2 Å². The molecule has 0 bridgehead atoms. The van der Waals surface area contributed by atoms with E-state index in [0.717, 1.165) is 0 Å². The molecule has 0 saturated heterocycles. The Morgan fingerprint density at radius 1 is 1.21 bits per heavy atom. The van der Waals surface area contributed by atoms with E-state index in [1.54, 1.807) is 6.92 Å². The van der Waals surface area contributed by atoms with E-state index in [1.165, 1.54) is 6.21 Å². The third-order valence-electron chi connectivity index (χ3n) is 0.715. The molecule has 0 fully saturated rings. The summed E-state index contributed by atoms with van der Waals surface area (Å²) in [5.41, 5.74) is 17.7. The second kappa shape index (κ2) is 9.10. The first-order chi connectivity index (χ1) is 6.02. The molecule has 0 saturated carbocycles. The average molecular weight is 277 g/mol. The van der Waals surface area contributed by atoms with Crippen molar-refractivity contribution >= 4 is 46.6 Å². The molecule has 0 aromatic carbocycles. The van der Waals surface area contributed by atoms with Crippen LogP contribution in [0.1, 0.15) is 6.92 Å². The average Bonchev–Trinajstić information content (AvgIpc) is 2.00. The zero-order valence-electron chi connectivity index (χ0n) is 7.23. The molecule has 0 heterocycles. The van der Waals surface area contributed by atoms with Crippen LogP contribution < -0.4 is 11.5 Å². The summed E-state index contributed by atoms with van der Waals surface area (Å²) in [6, 6.07) is 0. The summed E-state index contributed by atoms with van der Waals surface area (Å²) in [6.45, 7) is 1.67. The topological polar surface area (TPSA) is 105 Å². The summed E-state index contributed by atoms with van der Waals surface area (Å²) < 4.78 is 0. The molecule has 0 atom stereocenters. The molecule has 0 aliphatic carbocycles. The van der Waals surface area contributed by atoms with Crippen LogP contribution >= 0.6 is 0 Å². The molecule has 0 aromatic heterocycles. The monoisotopic (exact) mass is 276 g/mol. The Hall–Kier alpha value is -0.466. The number of nitrogens with zero attached hydrogens (tertiary/aromatic N) is 4. The fourth-order valence-electron chi connectivity index (χ4n) is 0.327. The van der Waals surface area contributed by atoms with Crippen LogP contribution in [-0.2, 0) is 40.9 Å². The smallest absolute Gasteiger partial charge is 0.183 e. The van der Waals surface area contributed by atoms with Gasteiger partial charge in [-0.2, -0.15) is 0 Å². The molecule has 0 rings (SSSR count). The van der Waals surface area contributed by atoms with Crippen molar-refractivity contribution in [3.05, 3.63) is 10.9 Å². The van der Waals surface area contributed by atoms with Crippen molar-refractivity contribution < 1.29 is 16.5 Å². The molecule has 6 nitrogen and oxygen atoms in total. The van der Waals surface area contributed by atoms with E-state index in [1.807, 2.05) is 0 Å². The van der Waals surface area contributed by atoms with E-state index in [4.69, 9.17) is 11.5 Å². The van der Waals surface area contributed by atoms with Crippen molar-refractivity contribution in [2.45, 2.75) is 6.92 Å². The molecule has 0 radical (unpaired) electrons. The van der Waals surface area contributed by atoms with Gasteiger partial charge in [-0.3, -0.25) is 11.5 Å². The molecule has 4 N–H and O–H groups in total. The minimum Gasteiger partial charge on any atom is -0.515 e. The minimum absolute atomic E-state index is 0. The second-order valence-electron chi connectivity index (χ2n) is 1.90. The van der Waals surface area contributed by atoms with E-state index in [0.29, 0.717) is 5.71 Å². The zero-order chi connectivity index (χ0) is 10.3. The van der Waals surface area contributed by atoms with Gasteiger partial charge in [0.25, 0.3) is 0 Å². The van der Waals surface area contributed by atoms with Crippen molar-refractivity contribution in [2.75, 3.05) is 0 Å². The van der Waals surface area contributed by atoms with E-state index < -0.39 is 0 Å². The van der Waals surface area contributed by atoms with Crippen LogP contribution in [0.5, 0.6) is 0 Å². The van der Waals surface area contributed by atoms with Crippen molar-refractivity contribution in [3.63, 3.8) is 0 Å². The van der Waals surface area contributed by atoms with Gasteiger partial charge in [0.2, 0.25) is 0 Å². The minimum atomic E-state index is 0. The van der Waals surface area contributed by atoms with Gasteiger partial charge in [0.15, 0.2) is 34.7 Å². The Labute approximate surface area is 102 Å². The van der Waals surface area contributed by atoms with Gasteiger partial charge in [0.05, 0.1) is 0 Å². The molecule has 0 unspecified atom stereocenters. The third-order valence-corrected chi connectivity index (χ3v) is 0.894. The first-order valence-corrected chi connectivity index (χ1v) is 4.04. The van der Waals surface area contributed by atoms with Crippen LogP contribution in [0.25, 0.3) is 10.9 Å². The molecular weight excluding hydrogens is 267 g/mol. The molecule has 0 spiro atoms. The summed E-state index contributed by atoms with van der Waals surface area (Å²) in [5.74, 6) is 0. The predicted octanol–water partition coefficient (Wildman–Crippen LogP) is -1.26. The van der Waals surface area contributed by atoms with Gasteiger partial charge in [-0.15, -0.1) is 0 Å². The van der Waals surface area contributed by atoms with Gasteiger partial charge < -0.3 is 21.1 Å². The first kappa shape index (κ1) is 16.0. The van der Waals surface area contributed by atoms with Gasteiger partial charge in [-0.25, -0.2) is 0 Å². The summed E-state index contributed by atoms with van der Waals surface area (Å²) in [7, 11) is 0. The van der Waals surface area contributed by atoms with Crippen LogP contribution in [-0.4, -0.2) is 22.2 Å². The Kier molecular flexibility index (Phi) is 10.4. The van der Waals surface area contributed by atoms with Gasteiger partial charge in [0, 0.05) is 28.4 Å². The van der Waals surface area contributed by atoms with Crippen LogP contribution in [0.2, 0.25) is 0 Å². The van der Waals surface area contributed by atoms with Crippen LogP contribution in [0.4, 0.5) is 0 Å². The van der Waals surface area contributed by atoms with E-state index >= 15 is 0 Å². The summed E-state index contributed by atoms with van der Waals surface area (Å²) in [4.78, 5) is 0. The van der Waals surface area contributed by atoms with Crippen LogP contribution in [0.3, 0.4) is 0 Å².